The molecule has 2 aromatic carbocycles. The zero-order valence-corrected chi connectivity index (χ0v) is 15.7. The monoisotopic (exact) mass is 384 g/mol. The van der Waals surface area contributed by atoms with E-state index in [0.29, 0.717) is 5.69 Å². The molecule has 3 rings (SSSR count). The van der Waals surface area contributed by atoms with Crippen LogP contribution in [0.15, 0.2) is 42.5 Å². The van der Waals surface area contributed by atoms with Gasteiger partial charge in [0.05, 0.1) is 5.92 Å². The van der Waals surface area contributed by atoms with Crippen LogP contribution < -0.4 is 10.2 Å². The molecule has 6 nitrogen and oxygen atoms in total. The van der Waals surface area contributed by atoms with E-state index < -0.39 is 30.2 Å². The SMILES string of the molecule is Cc1cccc(N2C[C@H](C(=O)OCC(=O)Nc3ccc(F)cc3)CC2=O)c1C. The predicted molar refractivity (Wildman–Crippen MR) is 102 cm³/mol. The number of hydrogen-bond donors (Lipinski definition) is 1. The number of ether oxygens (including phenoxy) is 1. The minimum Gasteiger partial charge on any atom is -0.455 e. The highest BCUT2D eigenvalue weighted by molar-refractivity contribution is 6.00. The van der Waals surface area contributed by atoms with Crippen molar-refractivity contribution in [3.8, 4) is 0 Å². The maximum Gasteiger partial charge on any atom is 0.311 e. The predicted octanol–water partition coefficient (Wildman–Crippen LogP) is 2.98. The number of amides is 2. The second kappa shape index (κ2) is 8.21. The molecule has 1 heterocycles. The van der Waals surface area contributed by atoms with Gasteiger partial charge in [0.2, 0.25) is 5.91 Å². The van der Waals surface area contributed by atoms with Gasteiger partial charge in [-0.2, -0.15) is 0 Å². The number of halogens is 1. The molecule has 1 atom stereocenters. The van der Waals surface area contributed by atoms with Gasteiger partial charge in [0, 0.05) is 24.3 Å². The van der Waals surface area contributed by atoms with Crippen LogP contribution in [0.1, 0.15) is 17.5 Å². The highest BCUT2D eigenvalue weighted by atomic mass is 19.1. The minimum atomic E-state index is -0.619. The van der Waals surface area contributed by atoms with E-state index in [-0.39, 0.29) is 18.9 Å². The molecule has 0 aliphatic carbocycles. The number of nitrogens with zero attached hydrogens (tertiary/aromatic N) is 1. The Kier molecular flexibility index (Phi) is 5.73. The summed E-state index contributed by atoms with van der Waals surface area (Å²) in [6.45, 7) is 3.65. The van der Waals surface area contributed by atoms with E-state index in [4.69, 9.17) is 4.74 Å². The van der Waals surface area contributed by atoms with Gasteiger partial charge in [-0.1, -0.05) is 12.1 Å². The first-order valence-electron chi connectivity index (χ1n) is 8.94. The molecule has 1 N–H and O–H groups in total. The fraction of sp³-hybridized carbons (Fsp3) is 0.286. The van der Waals surface area contributed by atoms with E-state index in [9.17, 15) is 18.8 Å². The van der Waals surface area contributed by atoms with Crippen LogP contribution in [0.2, 0.25) is 0 Å². The molecular formula is C21H21FN2O4. The van der Waals surface area contributed by atoms with Crippen LogP contribution in [0.25, 0.3) is 0 Å². The van der Waals surface area contributed by atoms with Gasteiger partial charge in [-0.25, -0.2) is 4.39 Å². The lowest BCUT2D eigenvalue weighted by Gasteiger charge is -2.20. The van der Waals surface area contributed by atoms with Gasteiger partial charge in [-0.15, -0.1) is 0 Å². The van der Waals surface area contributed by atoms with Gasteiger partial charge in [0.15, 0.2) is 6.61 Å². The van der Waals surface area contributed by atoms with Crippen LogP contribution in [-0.2, 0) is 19.1 Å². The number of rotatable bonds is 5. The maximum absolute atomic E-state index is 12.9. The summed E-state index contributed by atoms with van der Waals surface area (Å²) in [5, 5.41) is 2.51. The van der Waals surface area contributed by atoms with Gasteiger partial charge < -0.3 is 15.0 Å². The third kappa shape index (κ3) is 4.36. The molecule has 0 saturated carbocycles. The van der Waals surface area contributed by atoms with Crippen molar-refractivity contribution in [2.45, 2.75) is 20.3 Å². The van der Waals surface area contributed by atoms with Crippen molar-refractivity contribution in [1.82, 2.24) is 0 Å². The average Bonchev–Trinajstić information content (AvgIpc) is 3.05. The van der Waals surface area contributed by atoms with E-state index in [2.05, 4.69) is 5.32 Å². The van der Waals surface area contributed by atoms with Gasteiger partial charge in [0.25, 0.3) is 5.91 Å². The molecule has 1 aliphatic heterocycles. The number of benzene rings is 2. The number of anilines is 2. The molecule has 0 unspecified atom stereocenters. The molecule has 1 aliphatic rings. The summed E-state index contributed by atoms with van der Waals surface area (Å²) in [4.78, 5) is 38.1. The Morgan fingerprint density at radius 1 is 1.18 bits per heavy atom. The van der Waals surface area contributed by atoms with Gasteiger partial charge >= 0.3 is 5.97 Å². The third-order valence-corrected chi connectivity index (χ3v) is 4.80. The van der Waals surface area contributed by atoms with Crippen molar-refractivity contribution in [2.75, 3.05) is 23.4 Å². The molecule has 28 heavy (non-hydrogen) atoms. The van der Waals surface area contributed by atoms with E-state index >= 15 is 0 Å². The zero-order chi connectivity index (χ0) is 20.3. The van der Waals surface area contributed by atoms with Crippen LogP contribution in [0, 0.1) is 25.6 Å². The summed E-state index contributed by atoms with van der Waals surface area (Å²) in [5.41, 5.74) is 3.24. The van der Waals surface area contributed by atoms with Crippen molar-refractivity contribution in [3.05, 3.63) is 59.4 Å². The Labute approximate surface area is 162 Å². The van der Waals surface area contributed by atoms with Crippen LogP contribution in [0.3, 0.4) is 0 Å². The van der Waals surface area contributed by atoms with Crippen molar-refractivity contribution in [2.24, 2.45) is 5.92 Å². The number of hydrogen-bond acceptors (Lipinski definition) is 4. The molecule has 1 saturated heterocycles. The number of carbonyl (C=O) groups is 3. The third-order valence-electron chi connectivity index (χ3n) is 4.80. The fourth-order valence-electron chi connectivity index (χ4n) is 3.11. The molecule has 0 radical (unpaired) electrons. The normalized spacial score (nSPS) is 16.2. The Morgan fingerprint density at radius 3 is 2.61 bits per heavy atom. The Morgan fingerprint density at radius 2 is 1.89 bits per heavy atom. The topological polar surface area (TPSA) is 75.7 Å². The maximum atomic E-state index is 12.9. The van der Waals surface area contributed by atoms with E-state index in [1.807, 2.05) is 32.0 Å². The molecule has 0 spiro atoms. The van der Waals surface area contributed by atoms with Crippen molar-refractivity contribution in [3.63, 3.8) is 0 Å². The fourth-order valence-corrected chi connectivity index (χ4v) is 3.11. The van der Waals surface area contributed by atoms with E-state index in [1.54, 1.807) is 4.90 Å². The van der Waals surface area contributed by atoms with Gasteiger partial charge in [-0.3, -0.25) is 14.4 Å². The number of aryl methyl sites for hydroxylation is 1. The summed E-state index contributed by atoms with van der Waals surface area (Å²) in [6.07, 6.45) is 0.0474. The Hall–Kier alpha value is -3.22. The highest BCUT2D eigenvalue weighted by Crippen LogP contribution is 2.29. The molecule has 1 fully saturated rings. The first-order chi connectivity index (χ1) is 13.3. The van der Waals surface area contributed by atoms with Crippen LogP contribution in [0.5, 0.6) is 0 Å². The molecule has 2 aromatic rings. The second-order valence-corrected chi connectivity index (χ2v) is 6.79. The lowest BCUT2D eigenvalue weighted by molar-refractivity contribution is -0.151. The number of carbonyl (C=O) groups excluding carboxylic acids is 3. The summed E-state index contributed by atoms with van der Waals surface area (Å²) in [6, 6.07) is 10.9. The lowest BCUT2D eigenvalue weighted by Crippen LogP contribution is -2.28. The zero-order valence-electron chi connectivity index (χ0n) is 15.7. The number of esters is 1. The molecule has 2 amide bonds. The van der Waals surface area contributed by atoms with Crippen molar-refractivity contribution in [1.29, 1.82) is 0 Å². The molecule has 0 bridgehead atoms. The van der Waals surface area contributed by atoms with Crippen molar-refractivity contribution >= 4 is 29.2 Å². The molecule has 0 aromatic heterocycles. The Balaban J connectivity index is 1.55. The average molecular weight is 384 g/mol. The van der Waals surface area contributed by atoms with Crippen LogP contribution in [-0.4, -0.2) is 30.9 Å². The van der Waals surface area contributed by atoms with E-state index in [0.717, 1.165) is 16.8 Å². The molecule has 146 valence electrons. The van der Waals surface area contributed by atoms with E-state index in [1.165, 1.54) is 24.3 Å². The Bertz CT molecular complexity index is 911. The lowest BCUT2D eigenvalue weighted by atomic mass is 10.1. The number of nitrogens with one attached hydrogen (secondary N) is 1. The first-order valence-corrected chi connectivity index (χ1v) is 8.94. The first kappa shape index (κ1) is 19.5. The largest absolute Gasteiger partial charge is 0.455 e. The summed E-state index contributed by atoms with van der Waals surface area (Å²) in [5.74, 6) is -2.30. The highest BCUT2D eigenvalue weighted by Gasteiger charge is 2.37. The van der Waals surface area contributed by atoms with Crippen LogP contribution in [0.4, 0.5) is 15.8 Å². The molecule has 7 heteroatoms. The quantitative estimate of drug-likeness (QED) is 0.804. The summed E-state index contributed by atoms with van der Waals surface area (Å²) < 4.78 is 17.9. The second-order valence-electron chi connectivity index (χ2n) is 6.79. The van der Waals surface area contributed by atoms with Gasteiger partial charge in [0.1, 0.15) is 5.82 Å². The van der Waals surface area contributed by atoms with Crippen molar-refractivity contribution < 1.29 is 23.5 Å². The van der Waals surface area contributed by atoms with Crippen LogP contribution >= 0.6 is 0 Å². The minimum absolute atomic E-state index is 0.0474. The van der Waals surface area contributed by atoms with Gasteiger partial charge in [-0.05, 0) is 55.3 Å². The molecular weight excluding hydrogens is 363 g/mol. The summed E-state index contributed by atoms with van der Waals surface area (Å²) in [7, 11) is 0. The standard InChI is InChI=1S/C21H21FN2O4/c1-13-4-3-5-18(14(13)2)24-11-15(10-20(24)26)21(27)28-12-19(25)23-17-8-6-16(22)7-9-17/h3-9,15H,10-12H2,1-2H3,(H,23,25)/t15-/m1/s1. The summed E-state index contributed by atoms with van der Waals surface area (Å²) >= 11 is 0. The smallest absolute Gasteiger partial charge is 0.311 e.